The molecule has 4 heterocycles. The SMILES string of the molecule is C.CC(=O)N1CCC(N)CC1.CCS(=O)c1ncc(C(=O)c2cc(F)c(C)cc2OC)c(N)n1.COc1cc(C)c(F)cc1C(=O)c1cnc(NC2CCN(C(C)=O)CC2)nc1N. The fraction of sp³-hybridized carbons (Fsp3) is 0.442. The van der Waals surface area contributed by atoms with Gasteiger partial charge in [-0.2, -0.15) is 4.98 Å². The minimum Gasteiger partial charge on any atom is -0.496 e. The van der Waals surface area contributed by atoms with E-state index in [0.29, 0.717) is 42.0 Å². The first-order valence-electron chi connectivity index (χ1n) is 19.8. The zero-order chi connectivity index (χ0) is 45.8. The number of ether oxygens (including phenoxy) is 2. The standard InChI is InChI=1S/C20H24FN5O3.C15H16FN3O3S.C7H14N2O.CH4/c1-11-8-17(29-3)14(9-16(11)21)18(28)15-10-23-20(25-19(15)22)24-13-4-6-26(7-5-13)12(2)27;1-4-23(21)15-18-7-10(14(17)19-15)13(20)9-6-11(16)8(2)5-12(9)22-3;1-6(10)9-4-2-7(8)3-5-9;/h8-10,13H,4-7H2,1-3H3,(H3,22,23,24,25);5-7H,4H2,1-3H3,(H2,17,18,19);7H,2-5,8H2,1H3;1H4. The number of rotatable bonds is 10. The van der Waals surface area contributed by atoms with Crippen LogP contribution in [0.4, 0.5) is 26.4 Å². The van der Waals surface area contributed by atoms with Crippen LogP contribution in [0.2, 0.25) is 0 Å². The van der Waals surface area contributed by atoms with Crippen LogP contribution >= 0.6 is 0 Å². The van der Waals surface area contributed by atoms with Crippen LogP contribution < -0.4 is 32.0 Å². The molecule has 7 N–H and O–H groups in total. The van der Waals surface area contributed by atoms with Crippen molar-refractivity contribution < 1.29 is 41.6 Å². The first kappa shape index (κ1) is 51.2. The van der Waals surface area contributed by atoms with Crippen LogP contribution in [0.15, 0.2) is 41.8 Å². The molecule has 0 saturated carbocycles. The maximum atomic E-state index is 14.0. The summed E-state index contributed by atoms with van der Waals surface area (Å²) in [6, 6.07) is 5.54. The zero-order valence-corrected chi connectivity index (χ0v) is 36.7. The molecule has 0 bridgehead atoms. The van der Waals surface area contributed by atoms with E-state index in [1.807, 2.05) is 4.90 Å². The lowest BCUT2D eigenvalue weighted by molar-refractivity contribution is -0.130. The number of hydrogen-bond acceptors (Lipinski definition) is 15. The van der Waals surface area contributed by atoms with Gasteiger partial charge in [0, 0.05) is 70.3 Å². The number of nitrogen functional groups attached to an aromatic ring is 2. The predicted octanol–water partition coefficient (Wildman–Crippen LogP) is 4.63. The molecule has 2 fully saturated rings. The summed E-state index contributed by atoms with van der Waals surface area (Å²) in [4.78, 5) is 67.5. The molecule has 2 saturated heterocycles. The Morgan fingerprint density at radius 1 is 0.746 bits per heavy atom. The predicted molar refractivity (Wildman–Crippen MR) is 237 cm³/mol. The number of halogens is 2. The lowest BCUT2D eigenvalue weighted by Gasteiger charge is -2.31. The Balaban J connectivity index is 0.000000276. The average Bonchev–Trinajstić information content (AvgIpc) is 3.25. The van der Waals surface area contributed by atoms with E-state index < -0.39 is 34.0 Å². The van der Waals surface area contributed by atoms with E-state index in [-0.39, 0.29) is 75.8 Å². The third-order valence-electron chi connectivity index (χ3n) is 10.3. The van der Waals surface area contributed by atoms with Gasteiger partial charge in [-0.05, 0) is 74.9 Å². The number of hydrogen-bond donors (Lipinski definition) is 4. The molecule has 0 aliphatic carbocycles. The maximum Gasteiger partial charge on any atom is 0.224 e. The smallest absolute Gasteiger partial charge is 0.224 e. The second-order valence-electron chi connectivity index (χ2n) is 14.6. The second kappa shape index (κ2) is 23.3. The molecule has 342 valence electrons. The van der Waals surface area contributed by atoms with Crippen molar-refractivity contribution in [2.45, 2.75) is 85.0 Å². The number of nitrogens with zero attached hydrogens (tertiary/aromatic N) is 6. The van der Waals surface area contributed by atoms with E-state index in [4.69, 9.17) is 26.7 Å². The van der Waals surface area contributed by atoms with Crippen LogP contribution in [0.25, 0.3) is 0 Å². The number of carbonyl (C=O) groups is 4. The molecule has 0 spiro atoms. The summed E-state index contributed by atoms with van der Waals surface area (Å²) >= 11 is 0. The molecule has 1 unspecified atom stereocenters. The highest BCUT2D eigenvalue weighted by Gasteiger charge is 2.25. The summed E-state index contributed by atoms with van der Waals surface area (Å²) in [6.45, 7) is 11.1. The molecule has 2 amide bonds. The fourth-order valence-electron chi connectivity index (χ4n) is 6.46. The number of nitrogens with one attached hydrogen (secondary N) is 1. The van der Waals surface area contributed by atoms with Crippen LogP contribution in [0.1, 0.15) is 96.9 Å². The Labute approximate surface area is 369 Å². The molecular weight excluding hydrogens is 839 g/mol. The third kappa shape index (κ3) is 13.4. The highest BCUT2D eigenvalue weighted by atomic mass is 32.2. The molecule has 4 aromatic rings. The summed E-state index contributed by atoms with van der Waals surface area (Å²) in [6.07, 6.45) is 5.98. The fourth-order valence-corrected chi connectivity index (χ4v) is 7.09. The minimum absolute atomic E-state index is 0. The molecule has 63 heavy (non-hydrogen) atoms. The largest absolute Gasteiger partial charge is 0.496 e. The van der Waals surface area contributed by atoms with E-state index in [1.165, 1.54) is 38.7 Å². The number of carbonyl (C=O) groups excluding carboxylic acids is 4. The average molecular weight is 897 g/mol. The summed E-state index contributed by atoms with van der Waals surface area (Å²) in [5, 5.41) is 3.25. The van der Waals surface area contributed by atoms with Crippen molar-refractivity contribution in [2.75, 3.05) is 62.9 Å². The Morgan fingerprint density at radius 2 is 1.17 bits per heavy atom. The summed E-state index contributed by atoms with van der Waals surface area (Å²) in [5.41, 5.74) is 18.3. The molecule has 20 heteroatoms. The van der Waals surface area contributed by atoms with Gasteiger partial charge in [0.1, 0.15) is 34.8 Å². The van der Waals surface area contributed by atoms with Gasteiger partial charge in [0.15, 0.2) is 0 Å². The van der Waals surface area contributed by atoms with Gasteiger partial charge in [0.25, 0.3) is 0 Å². The summed E-state index contributed by atoms with van der Waals surface area (Å²) < 4.78 is 49.8. The molecule has 2 aromatic carbocycles. The molecule has 2 aliphatic heterocycles. The van der Waals surface area contributed by atoms with Crippen LogP contribution in [-0.2, 0) is 20.4 Å². The number of amides is 2. The number of methoxy groups -OCH3 is 2. The van der Waals surface area contributed by atoms with Crippen molar-refractivity contribution in [3.63, 3.8) is 0 Å². The number of ketones is 2. The third-order valence-corrected chi connectivity index (χ3v) is 11.4. The highest BCUT2D eigenvalue weighted by Crippen LogP contribution is 2.28. The quantitative estimate of drug-likeness (QED) is 0.125. The molecule has 0 radical (unpaired) electrons. The number of nitrogens with two attached hydrogens (primary N) is 3. The molecule has 2 aromatic heterocycles. The Hall–Kier alpha value is -6.15. The van der Waals surface area contributed by atoms with Crippen LogP contribution in [-0.4, -0.2) is 116 Å². The number of piperidine rings is 2. The Kier molecular flexibility index (Phi) is 19.0. The van der Waals surface area contributed by atoms with E-state index in [9.17, 15) is 32.2 Å². The zero-order valence-electron chi connectivity index (χ0n) is 35.9. The van der Waals surface area contributed by atoms with Gasteiger partial charge in [-0.3, -0.25) is 23.4 Å². The van der Waals surface area contributed by atoms with Crippen molar-refractivity contribution >= 4 is 51.8 Å². The van der Waals surface area contributed by atoms with Crippen LogP contribution in [0, 0.1) is 25.5 Å². The van der Waals surface area contributed by atoms with E-state index in [0.717, 1.165) is 50.9 Å². The Morgan fingerprint density at radius 3 is 1.57 bits per heavy atom. The molecule has 17 nitrogen and oxygen atoms in total. The van der Waals surface area contributed by atoms with Crippen molar-refractivity contribution in [1.82, 2.24) is 29.7 Å². The number of anilines is 3. The van der Waals surface area contributed by atoms with Gasteiger partial charge < -0.3 is 41.8 Å². The minimum atomic E-state index is -1.38. The van der Waals surface area contributed by atoms with E-state index in [2.05, 4.69) is 25.3 Å². The number of likely N-dealkylation sites (tertiary alicyclic amines) is 2. The van der Waals surface area contributed by atoms with Crippen molar-refractivity contribution in [3.8, 4) is 11.5 Å². The maximum absolute atomic E-state index is 14.0. The number of aryl methyl sites for hydroxylation is 2. The molecule has 2 aliphatic rings. The molecule has 1 atom stereocenters. The first-order chi connectivity index (χ1) is 29.4. The molecular formula is C43H58F2N10O7S. The lowest BCUT2D eigenvalue weighted by atomic mass is 10.0. The number of benzene rings is 2. The van der Waals surface area contributed by atoms with Gasteiger partial charge in [-0.1, -0.05) is 14.4 Å². The van der Waals surface area contributed by atoms with Crippen molar-refractivity contribution in [1.29, 1.82) is 0 Å². The van der Waals surface area contributed by atoms with Crippen molar-refractivity contribution in [2.24, 2.45) is 5.73 Å². The normalized spacial score (nSPS) is 14.4. The topological polar surface area (TPSA) is 252 Å². The van der Waals surface area contributed by atoms with Gasteiger partial charge in [-0.15, -0.1) is 0 Å². The van der Waals surface area contributed by atoms with E-state index in [1.54, 1.807) is 39.5 Å². The molecule has 6 rings (SSSR count). The summed E-state index contributed by atoms with van der Waals surface area (Å²) in [5.74, 6) is -0.857. The van der Waals surface area contributed by atoms with Crippen LogP contribution in [0.5, 0.6) is 11.5 Å². The van der Waals surface area contributed by atoms with Gasteiger partial charge >= 0.3 is 0 Å². The second-order valence-corrected chi connectivity index (χ2v) is 16.2. The van der Waals surface area contributed by atoms with Gasteiger partial charge in [0.05, 0.1) is 47.3 Å². The van der Waals surface area contributed by atoms with Gasteiger partial charge in [0.2, 0.25) is 34.5 Å². The summed E-state index contributed by atoms with van der Waals surface area (Å²) in [7, 11) is 1.42. The number of aromatic nitrogens is 4. The monoisotopic (exact) mass is 896 g/mol. The van der Waals surface area contributed by atoms with Crippen LogP contribution in [0.3, 0.4) is 0 Å². The highest BCUT2D eigenvalue weighted by molar-refractivity contribution is 7.84. The van der Waals surface area contributed by atoms with Crippen molar-refractivity contribution in [3.05, 3.63) is 81.7 Å². The van der Waals surface area contributed by atoms with E-state index >= 15 is 0 Å². The Bertz CT molecular complexity index is 2300. The van der Waals surface area contributed by atoms with Gasteiger partial charge in [-0.25, -0.2) is 23.7 Å². The first-order valence-corrected chi connectivity index (χ1v) is 21.1. The lowest BCUT2D eigenvalue weighted by Crippen LogP contribution is -2.41.